The Morgan fingerprint density at radius 2 is 1.14 bits per heavy atom. The quantitative estimate of drug-likeness (QED) is 0.545. The number of rotatable bonds is 6. The smallest absolute Gasteiger partial charge is 0.227 e. The predicted molar refractivity (Wildman–Crippen MR) is 142 cm³/mol. The van der Waals surface area contributed by atoms with Gasteiger partial charge in [-0.2, -0.15) is 4.98 Å². The average molecular weight is 485 g/mol. The van der Waals surface area contributed by atoms with Crippen molar-refractivity contribution in [3.05, 3.63) is 72.9 Å². The lowest BCUT2D eigenvalue weighted by atomic mass is 9.95. The molecule has 0 unspecified atom stereocenters. The Bertz CT molecular complexity index is 1070. The third-order valence-corrected chi connectivity index (χ3v) is 7.05. The molecule has 0 bridgehead atoms. The van der Waals surface area contributed by atoms with E-state index in [1.165, 1.54) is 0 Å². The molecular weight excluding hydrogens is 452 g/mol. The van der Waals surface area contributed by atoms with Crippen LogP contribution >= 0.6 is 0 Å². The lowest BCUT2D eigenvalue weighted by Gasteiger charge is -2.34. The average Bonchev–Trinajstić information content (AvgIpc) is 2.94. The zero-order valence-corrected chi connectivity index (χ0v) is 20.3. The summed E-state index contributed by atoms with van der Waals surface area (Å²) in [5.74, 6) is 1.76. The van der Waals surface area contributed by atoms with E-state index in [2.05, 4.69) is 25.4 Å². The lowest BCUT2D eigenvalue weighted by Crippen LogP contribution is -2.40. The Morgan fingerprint density at radius 1 is 0.667 bits per heavy atom. The van der Waals surface area contributed by atoms with Crippen LogP contribution < -0.4 is 20.4 Å². The molecule has 3 heterocycles. The van der Waals surface area contributed by atoms with E-state index in [0.29, 0.717) is 5.95 Å². The van der Waals surface area contributed by atoms with E-state index in [-0.39, 0.29) is 23.7 Å². The van der Waals surface area contributed by atoms with Gasteiger partial charge in [0.2, 0.25) is 17.8 Å². The van der Waals surface area contributed by atoms with Crippen molar-refractivity contribution in [3.63, 3.8) is 0 Å². The fraction of sp³-hybridized carbons (Fsp3) is 0.357. The molecule has 2 aromatic carbocycles. The highest BCUT2D eigenvalue weighted by atomic mass is 16.2. The van der Waals surface area contributed by atoms with Crippen molar-refractivity contribution in [2.45, 2.75) is 25.7 Å². The Kier molecular flexibility index (Phi) is 7.40. The minimum Gasteiger partial charge on any atom is -0.356 e. The predicted octanol–water partition coefficient (Wildman–Crippen LogP) is 4.19. The zero-order chi connectivity index (χ0) is 24.7. The van der Waals surface area contributed by atoms with Crippen LogP contribution in [-0.4, -0.2) is 48.0 Å². The van der Waals surface area contributed by atoms with Crippen molar-refractivity contribution >= 4 is 35.0 Å². The maximum absolute atomic E-state index is 12.7. The van der Waals surface area contributed by atoms with Crippen molar-refractivity contribution in [2.75, 3.05) is 46.6 Å². The number of aromatic nitrogens is 2. The first-order valence-electron chi connectivity index (χ1n) is 12.7. The van der Waals surface area contributed by atoms with Gasteiger partial charge in [0.15, 0.2) is 0 Å². The fourth-order valence-corrected chi connectivity index (χ4v) is 4.91. The number of nitrogens with one attached hydrogen (secondary N) is 2. The number of piperidine rings is 2. The molecule has 5 rings (SSSR count). The molecule has 0 atom stereocenters. The van der Waals surface area contributed by atoms with Crippen LogP contribution in [0.2, 0.25) is 0 Å². The molecule has 2 amide bonds. The van der Waals surface area contributed by atoms with Crippen LogP contribution in [0.1, 0.15) is 25.7 Å². The first kappa shape index (κ1) is 23.8. The molecule has 0 radical (unpaired) electrons. The Hall–Kier alpha value is -3.94. The summed E-state index contributed by atoms with van der Waals surface area (Å²) in [6, 6.07) is 21.1. The minimum atomic E-state index is -0.00861. The van der Waals surface area contributed by atoms with E-state index in [1.807, 2.05) is 66.7 Å². The van der Waals surface area contributed by atoms with Crippen LogP contribution in [-0.2, 0) is 9.59 Å². The van der Waals surface area contributed by atoms with Gasteiger partial charge < -0.3 is 20.4 Å². The van der Waals surface area contributed by atoms with Gasteiger partial charge in [-0.1, -0.05) is 36.4 Å². The normalized spacial score (nSPS) is 17.0. The number of hydrogen-bond donors (Lipinski definition) is 2. The first-order chi connectivity index (χ1) is 17.7. The van der Waals surface area contributed by atoms with Gasteiger partial charge in [0, 0.05) is 55.6 Å². The first-order valence-corrected chi connectivity index (χ1v) is 12.7. The fourth-order valence-electron chi connectivity index (χ4n) is 4.91. The van der Waals surface area contributed by atoms with E-state index in [9.17, 15) is 9.59 Å². The molecule has 0 aliphatic carbocycles. The second-order valence-electron chi connectivity index (χ2n) is 9.45. The van der Waals surface area contributed by atoms with Crippen molar-refractivity contribution in [1.82, 2.24) is 9.97 Å². The summed E-state index contributed by atoms with van der Waals surface area (Å²) in [5.41, 5.74) is 1.67. The van der Waals surface area contributed by atoms with E-state index in [4.69, 9.17) is 4.98 Å². The van der Waals surface area contributed by atoms with Crippen LogP contribution in [0, 0.1) is 11.8 Å². The monoisotopic (exact) mass is 484 g/mol. The molecule has 8 nitrogen and oxygen atoms in total. The zero-order valence-electron chi connectivity index (χ0n) is 20.3. The topological polar surface area (TPSA) is 90.5 Å². The number of para-hydroxylation sites is 2. The van der Waals surface area contributed by atoms with Crippen LogP contribution in [0.5, 0.6) is 0 Å². The summed E-state index contributed by atoms with van der Waals surface area (Å²) in [7, 11) is 0. The van der Waals surface area contributed by atoms with Gasteiger partial charge in [-0.05, 0) is 56.0 Å². The van der Waals surface area contributed by atoms with Crippen molar-refractivity contribution in [1.29, 1.82) is 0 Å². The van der Waals surface area contributed by atoms with Gasteiger partial charge in [-0.25, -0.2) is 4.98 Å². The summed E-state index contributed by atoms with van der Waals surface area (Å²) in [6.07, 6.45) is 4.93. The number of nitrogens with zero attached hydrogens (tertiary/aromatic N) is 4. The summed E-state index contributed by atoms with van der Waals surface area (Å²) in [4.78, 5) is 39.1. The molecule has 3 aromatic rings. The highest BCUT2D eigenvalue weighted by molar-refractivity contribution is 5.93. The second kappa shape index (κ2) is 11.2. The van der Waals surface area contributed by atoms with Gasteiger partial charge in [0.1, 0.15) is 5.82 Å². The highest BCUT2D eigenvalue weighted by Crippen LogP contribution is 2.26. The van der Waals surface area contributed by atoms with E-state index < -0.39 is 0 Å². The Balaban J connectivity index is 1.12. The largest absolute Gasteiger partial charge is 0.356 e. The van der Waals surface area contributed by atoms with Gasteiger partial charge in [0.05, 0.1) is 0 Å². The molecule has 186 valence electrons. The van der Waals surface area contributed by atoms with Gasteiger partial charge in [0.25, 0.3) is 0 Å². The molecule has 2 fully saturated rings. The van der Waals surface area contributed by atoms with E-state index >= 15 is 0 Å². The minimum absolute atomic E-state index is 0.00354. The highest BCUT2D eigenvalue weighted by Gasteiger charge is 2.28. The molecule has 8 heteroatoms. The van der Waals surface area contributed by atoms with E-state index in [0.717, 1.165) is 69.1 Å². The molecule has 1 aromatic heterocycles. The van der Waals surface area contributed by atoms with Crippen molar-refractivity contribution in [2.24, 2.45) is 11.8 Å². The number of carbonyl (C=O) groups excluding carboxylic acids is 2. The molecule has 2 saturated heterocycles. The SMILES string of the molecule is O=C(Nc1ccccc1)C1CCN(c2ccnc(N3CCC(C(=O)Nc4ccccc4)CC3)n2)CC1. The summed E-state index contributed by atoms with van der Waals surface area (Å²) < 4.78 is 0. The maximum atomic E-state index is 12.7. The molecule has 2 aliphatic heterocycles. The maximum Gasteiger partial charge on any atom is 0.227 e. The van der Waals surface area contributed by atoms with Crippen molar-refractivity contribution < 1.29 is 9.59 Å². The molecule has 0 saturated carbocycles. The number of anilines is 4. The summed E-state index contributed by atoms with van der Waals surface area (Å²) in [6.45, 7) is 3.06. The second-order valence-corrected chi connectivity index (χ2v) is 9.45. The van der Waals surface area contributed by atoms with Gasteiger partial charge >= 0.3 is 0 Å². The van der Waals surface area contributed by atoms with E-state index in [1.54, 1.807) is 6.20 Å². The number of hydrogen-bond acceptors (Lipinski definition) is 6. The van der Waals surface area contributed by atoms with Crippen LogP contribution in [0.15, 0.2) is 72.9 Å². The molecule has 2 aliphatic rings. The summed E-state index contributed by atoms with van der Waals surface area (Å²) >= 11 is 0. The Labute approximate surface area is 211 Å². The molecule has 2 N–H and O–H groups in total. The Morgan fingerprint density at radius 3 is 1.64 bits per heavy atom. The van der Waals surface area contributed by atoms with Gasteiger partial charge in [-0.15, -0.1) is 0 Å². The third-order valence-electron chi connectivity index (χ3n) is 7.05. The number of amides is 2. The number of benzene rings is 2. The summed E-state index contributed by atoms with van der Waals surface area (Å²) in [5, 5.41) is 6.04. The van der Waals surface area contributed by atoms with Crippen molar-refractivity contribution in [3.8, 4) is 0 Å². The molecule has 36 heavy (non-hydrogen) atoms. The number of carbonyl (C=O) groups is 2. The molecule has 0 spiro atoms. The van der Waals surface area contributed by atoms with Gasteiger partial charge in [-0.3, -0.25) is 9.59 Å². The lowest BCUT2D eigenvalue weighted by molar-refractivity contribution is -0.121. The van der Waals surface area contributed by atoms with Crippen LogP contribution in [0.4, 0.5) is 23.1 Å². The van der Waals surface area contributed by atoms with Crippen LogP contribution in [0.3, 0.4) is 0 Å². The standard InChI is InChI=1S/C28H32N6O2/c35-26(30-23-7-3-1-4-8-23)21-12-17-33(18-13-21)25-11-16-29-28(32-25)34-19-14-22(15-20-34)27(36)31-24-9-5-2-6-10-24/h1-11,16,21-22H,12-15,17-20H2,(H,30,35)(H,31,36). The molecular formula is C28H32N6O2. The third kappa shape index (κ3) is 5.82. The van der Waals surface area contributed by atoms with Crippen LogP contribution in [0.25, 0.3) is 0 Å².